The molecule has 4 atom stereocenters. The van der Waals surface area contributed by atoms with Crippen LogP contribution in [0.4, 0.5) is 0 Å². The standard InChI is InChI=1S/C18H35N3O/c1-14-7-6-10-18(12-14,21(2)3)13-20-17(22)11-15-8-4-5-9-16(15)19/h14-16H,4-13,19H2,1-3H3,(H,20,22). The average molecular weight is 309 g/mol. The Morgan fingerprint density at radius 1 is 1.23 bits per heavy atom. The Balaban J connectivity index is 1.85. The van der Waals surface area contributed by atoms with Crippen molar-refractivity contribution in [2.24, 2.45) is 17.6 Å². The van der Waals surface area contributed by atoms with Crippen LogP contribution < -0.4 is 11.1 Å². The number of nitrogens with zero attached hydrogens (tertiary/aromatic N) is 1. The summed E-state index contributed by atoms with van der Waals surface area (Å²) in [5.74, 6) is 1.33. The van der Waals surface area contributed by atoms with Crippen molar-refractivity contribution in [3.63, 3.8) is 0 Å². The van der Waals surface area contributed by atoms with Crippen molar-refractivity contribution in [2.75, 3.05) is 20.6 Å². The molecule has 0 radical (unpaired) electrons. The van der Waals surface area contributed by atoms with Gasteiger partial charge < -0.3 is 16.0 Å². The summed E-state index contributed by atoms with van der Waals surface area (Å²) in [5, 5.41) is 3.23. The van der Waals surface area contributed by atoms with E-state index in [4.69, 9.17) is 5.73 Å². The molecule has 4 unspecified atom stereocenters. The van der Waals surface area contributed by atoms with E-state index in [2.05, 4.69) is 31.2 Å². The van der Waals surface area contributed by atoms with E-state index in [0.29, 0.717) is 12.3 Å². The van der Waals surface area contributed by atoms with Gasteiger partial charge in [0, 0.05) is 24.5 Å². The van der Waals surface area contributed by atoms with E-state index >= 15 is 0 Å². The van der Waals surface area contributed by atoms with E-state index in [-0.39, 0.29) is 17.5 Å². The van der Waals surface area contributed by atoms with Crippen LogP contribution in [0.15, 0.2) is 0 Å². The molecule has 0 saturated heterocycles. The first kappa shape index (κ1) is 17.7. The molecule has 22 heavy (non-hydrogen) atoms. The molecule has 0 spiro atoms. The second kappa shape index (κ2) is 7.78. The van der Waals surface area contributed by atoms with Crippen LogP contribution in [0.3, 0.4) is 0 Å². The van der Waals surface area contributed by atoms with Gasteiger partial charge >= 0.3 is 0 Å². The van der Waals surface area contributed by atoms with Crippen LogP contribution in [0.1, 0.15) is 64.7 Å². The summed E-state index contributed by atoms with van der Waals surface area (Å²) >= 11 is 0. The van der Waals surface area contributed by atoms with Gasteiger partial charge in [0.2, 0.25) is 5.91 Å². The van der Waals surface area contributed by atoms with Crippen LogP contribution in [0, 0.1) is 11.8 Å². The molecule has 2 aliphatic rings. The molecule has 0 aromatic heterocycles. The van der Waals surface area contributed by atoms with Gasteiger partial charge in [0.25, 0.3) is 0 Å². The summed E-state index contributed by atoms with van der Waals surface area (Å²) in [6.07, 6.45) is 10.2. The first-order chi connectivity index (χ1) is 10.4. The fraction of sp³-hybridized carbons (Fsp3) is 0.944. The Labute approximate surface area is 136 Å². The molecular weight excluding hydrogens is 274 g/mol. The van der Waals surface area contributed by atoms with Gasteiger partial charge in [0.15, 0.2) is 0 Å². The number of hydrogen-bond acceptors (Lipinski definition) is 3. The summed E-state index contributed by atoms with van der Waals surface area (Å²) in [6.45, 7) is 3.12. The van der Waals surface area contributed by atoms with E-state index < -0.39 is 0 Å². The van der Waals surface area contributed by atoms with Gasteiger partial charge in [-0.3, -0.25) is 4.79 Å². The highest BCUT2D eigenvalue weighted by molar-refractivity contribution is 5.76. The predicted molar refractivity (Wildman–Crippen MR) is 91.6 cm³/mol. The first-order valence-electron chi connectivity index (χ1n) is 9.13. The predicted octanol–water partition coefficient (Wildman–Crippen LogP) is 2.52. The van der Waals surface area contributed by atoms with Crippen molar-refractivity contribution in [2.45, 2.75) is 76.3 Å². The number of nitrogens with two attached hydrogens (primary N) is 1. The molecule has 0 aliphatic heterocycles. The smallest absolute Gasteiger partial charge is 0.220 e. The molecule has 4 nitrogen and oxygen atoms in total. The van der Waals surface area contributed by atoms with E-state index in [1.165, 1.54) is 38.5 Å². The largest absolute Gasteiger partial charge is 0.354 e. The maximum atomic E-state index is 12.4. The molecule has 0 heterocycles. The lowest BCUT2D eigenvalue weighted by Crippen LogP contribution is -2.55. The maximum absolute atomic E-state index is 12.4. The number of hydrogen-bond donors (Lipinski definition) is 2. The van der Waals surface area contributed by atoms with Crippen molar-refractivity contribution in [3.8, 4) is 0 Å². The second-order valence-corrected chi connectivity index (χ2v) is 8.01. The highest BCUT2D eigenvalue weighted by Crippen LogP contribution is 2.35. The zero-order valence-electron chi connectivity index (χ0n) is 14.7. The Morgan fingerprint density at radius 3 is 2.59 bits per heavy atom. The van der Waals surface area contributed by atoms with Crippen LogP contribution in [-0.2, 0) is 4.79 Å². The van der Waals surface area contributed by atoms with Crippen molar-refractivity contribution in [1.29, 1.82) is 0 Å². The Hall–Kier alpha value is -0.610. The van der Waals surface area contributed by atoms with Crippen LogP contribution in [-0.4, -0.2) is 43.0 Å². The minimum atomic E-state index is 0.141. The Bertz CT molecular complexity index is 371. The Morgan fingerprint density at radius 2 is 1.95 bits per heavy atom. The third-order valence-corrected chi connectivity index (χ3v) is 6.05. The lowest BCUT2D eigenvalue weighted by atomic mass is 9.75. The molecule has 2 saturated carbocycles. The van der Waals surface area contributed by atoms with E-state index in [0.717, 1.165) is 25.3 Å². The monoisotopic (exact) mass is 309 g/mol. The van der Waals surface area contributed by atoms with Crippen molar-refractivity contribution in [3.05, 3.63) is 0 Å². The first-order valence-corrected chi connectivity index (χ1v) is 9.13. The van der Waals surface area contributed by atoms with Gasteiger partial charge in [-0.15, -0.1) is 0 Å². The molecule has 128 valence electrons. The minimum Gasteiger partial charge on any atom is -0.354 e. The van der Waals surface area contributed by atoms with E-state index in [9.17, 15) is 4.79 Å². The molecule has 2 fully saturated rings. The van der Waals surface area contributed by atoms with Crippen LogP contribution in [0.2, 0.25) is 0 Å². The van der Waals surface area contributed by atoms with Crippen LogP contribution in [0.25, 0.3) is 0 Å². The highest BCUT2D eigenvalue weighted by atomic mass is 16.1. The molecule has 0 aromatic carbocycles. The SMILES string of the molecule is CC1CCCC(CNC(=O)CC2CCCCC2N)(N(C)C)C1. The summed E-state index contributed by atoms with van der Waals surface area (Å²) in [6, 6.07) is 0.219. The van der Waals surface area contributed by atoms with Gasteiger partial charge in [-0.2, -0.15) is 0 Å². The topological polar surface area (TPSA) is 58.4 Å². The minimum absolute atomic E-state index is 0.141. The molecule has 0 aromatic rings. The molecule has 0 bridgehead atoms. The van der Waals surface area contributed by atoms with Crippen LogP contribution >= 0.6 is 0 Å². The Kier molecular flexibility index (Phi) is 6.27. The van der Waals surface area contributed by atoms with Crippen LogP contribution in [0.5, 0.6) is 0 Å². The summed E-state index contributed by atoms with van der Waals surface area (Å²) < 4.78 is 0. The van der Waals surface area contributed by atoms with Crippen molar-refractivity contribution in [1.82, 2.24) is 10.2 Å². The van der Waals surface area contributed by atoms with E-state index in [1.54, 1.807) is 0 Å². The lowest BCUT2D eigenvalue weighted by molar-refractivity contribution is -0.123. The molecular formula is C18H35N3O. The molecule has 2 rings (SSSR count). The lowest BCUT2D eigenvalue weighted by Gasteiger charge is -2.45. The zero-order valence-corrected chi connectivity index (χ0v) is 14.7. The fourth-order valence-corrected chi connectivity index (χ4v) is 4.42. The summed E-state index contributed by atoms with van der Waals surface area (Å²) in [5.41, 5.74) is 6.31. The van der Waals surface area contributed by atoms with Gasteiger partial charge in [-0.1, -0.05) is 32.6 Å². The van der Waals surface area contributed by atoms with Gasteiger partial charge in [0.1, 0.15) is 0 Å². The molecule has 1 amide bonds. The number of carbonyl (C=O) groups excluding carboxylic acids is 1. The number of nitrogens with one attached hydrogen (secondary N) is 1. The van der Waals surface area contributed by atoms with Gasteiger partial charge in [-0.05, 0) is 51.6 Å². The quantitative estimate of drug-likeness (QED) is 0.820. The van der Waals surface area contributed by atoms with E-state index in [1.807, 2.05) is 0 Å². The second-order valence-electron chi connectivity index (χ2n) is 8.01. The number of carbonyl (C=O) groups is 1. The fourth-order valence-electron chi connectivity index (χ4n) is 4.42. The molecule has 2 aliphatic carbocycles. The molecule has 4 heteroatoms. The van der Waals surface area contributed by atoms with Crippen molar-refractivity contribution >= 4 is 5.91 Å². The third-order valence-electron chi connectivity index (χ3n) is 6.05. The highest BCUT2D eigenvalue weighted by Gasteiger charge is 2.37. The normalized spacial score (nSPS) is 36.3. The van der Waals surface area contributed by atoms with Gasteiger partial charge in [-0.25, -0.2) is 0 Å². The maximum Gasteiger partial charge on any atom is 0.220 e. The third kappa shape index (κ3) is 4.45. The number of amides is 1. The summed E-state index contributed by atoms with van der Waals surface area (Å²) in [7, 11) is 4.31. The average Bonchev–Trinajstić information content (AvgIpc) is 2.47. The number of rotatable bonds is 5. The number of likely N-dealkylation sites (N-methyl/N-ethyl adjacent to an activating group) is 1. The summed E-state index contributed by atoms with van der Waals surface area (Å²) in [4.78, 5) is 14.7. The molecule has 3 N–H and O–H groups in total. The van der Waals surface area contributed by atoms with Crippen molar-refractivity contribution < 1.29 is 4.79 Å². The van der Waals surface area contributed by atoms with Gasteiger partial charge in [0.05, 0.1) is 0 Å². The zero-order chi connectivity index (χ0) is 16.2.